The molecule has 1 fully saturated rings. The first kappa shape index (κ1) is 17.3. The minimum Gasteiger partial charge on any atom is -0.337 e. The van der Waals surface area contributed by atoms with E-state index in [1.165, 1.54) is 6.07 Å². The van der Waals surface area contributed by atoms with Crippen molar-refractivity contribution in [2.75, 3.05) is 6.54 Å². The molecule has 0 aliphatic carbocycles. The van der Waals surface area contributed by atoms with Gasteiger partial charge in [0.15, 0.2) is 0 Å². The predicted molar refractivity (Wildman–Crippen MR) is 90.6 cm³/mol. The number of likely N-dealkylation sites (tertiary alicyclic amines) is 1. The Kier molecular flexibility index (Phi) is 4.43. The highest BCUT2D eigenvalue weighted by Crippen LogP contribution is 2.33. The summed E-state index contributed by atoms with van der Waals surface area (Å²) in [5.74, 6) is -1.41. The van der Waals surface area contributed by atoms with Crippen LogP contribution in [0.2, 0.25) is 0 Å². The predicted octanol–water partition coefficient (Wildman–Crippen LogP) is 3.21. The Balaban J connectivity index is 1.59. The maximum atomic E-state index is 13.9. The zero-order valence-corrected chi connectivity index (χ0v) is 14.6. The van der Waals surface area contributed by atoms with Gasteiger partial charge in [0, 0.05) is 25.4 Å². The number of aromatic nitrogens is 4. The van der Waals surface area contributed by atoms with Gasteiger partial charge in [0.2, 0.25) is 11.7 Å². The van der Waals surface area contributed by atoms with Gasteiger partial charge in [-0.3, -0.25) is 9.48 Å². The van der Waals surface area contributed by atoms with Crippen LogP contribution in [0.1, 0.15) is 42.2 Å². The monoisotopic (exact) mass is 373 g/mol. The first-order chi connectivity index (χ1) is 13.1. The van der Waals surface area contributed by atoms with Crippen LogP contribution in [0.5, 0.6) is 0 Å². The molecule has 0 spiro atoms. The van der Waals surface area contributed by atoms with Crippen LogP contribution in [-0.2, 0) is 6.54 Å². The van der Waals surface area contributed by atoms with E-state index < -0.39 is 17.7 Å². The van der Waals surface area contributed by atoms with Crippen molar-refractivity contribution < 1.29 is 18.1 Å². The lowest BCUT2D eigenvalue weighted by Crippen LogP contribution is -2.31. The SMILES string of the molecule is CCn1ccc(C(=O)N2CCC[C@H]2c2nc(-c3ccc(F)cc3F)no2)n1. The molecule has 3 heterocycles. The molecule has 9 heteroatoms. The average molecular weight is 373 g/mol. The van der Waals surface area contributed by atoms with Crippen LogP contribution in [0, 0.1) is 11.6 Å². The molecule has 1 aliphatic heterocycles. The molecule has 0 unspecified atom stereocenters. The van der Waals surface area contributed by atoms with Crippen molar-refractivity contribution in [3.63, 3.8) is 0 Å². The fourth-order valence-corrected chi connectivity index (χ4v) is 3.22. The molecule has 0 saturated carbocycles. The number of carbonyl (C=O) groups excluding carboxylic acids is 1. The number of benzene rings is 1. The summed E-state index contributed by atoms with van der Waals surface area (Å²) in [5.41, 5.74) is 0.400. The molecule has 1 atom stereocenters. The Morgan fingerprint density at radius 3 is 2.93 bits per heavy atom. The Morgan fingerprint density at radius 1 is 1.33 bits per heavy atom. The first-order valence-electron chi connectivity index (χ1n) is 8.70. The van der Waals surface area contributed by atoms with Crippen molar-refractivity contribution in [1.29, 1.82) is 0 Å². The van der Waals surface area contributed by atoms with E-state index in [1.54, 1.807) is 21.8 Å². The molecule has 0 N–H and O–H groups in total. The summed E-state index contributed by atoms with van der Waals surface area (Å²) in [7, 11) is 0. The summed E-state index contributed by atoms with van der Waals surface area (Å²) < 4.78 is 34.0. The highest BCUT2D eigenvalue weighted by molar-refractivity contribution is 5.92. The lowest BCUT2D eigenvalue weighted by atomic mass is 10.2. The minimum absolute atomic E-state index is 0.0251. The normalized spacial score (nSPS) is 16.9. The van der Waals surface area contributed by atoms with E-state index in [0.717, 1.165) is 18.6 Å². The van der Waals surface area contributed by atoms with Crippen LogP contribution in [0.25, 0.3) is 11.4 Å². The van der Waals surface area contributed by atoms with Crippen LogP contribution in [0.15, 0.2) is 35.0 Å². The molecule has 140 valence electrons. The molecule has 27 heavy (non-hydrogen) atoms. The topological polar surface area (TPSA) is 77.0 Å². The van der Waals surface area contributed by atoms with Crippen LogP contribution >= 0.6 is 0 Å². The summed E-state index contributed by atoms with van der Waals surface area (Å²) in [6, 6.07) is 4.43. The molecule has 3 aromatic rings. The fraction of sp³-hybridized carbons (Fsp3) is 0.333. The Hall–Kier alpha value is -3.10. The largest absolute Gasteiger partial charge is 0.337 e. The smallest absolute Gasteiger partial charge is 0.275 e. The van der Waals surface area contributed by atoms with Gasteiger partial charge in [-0.05, 0) is 38.0 Å². The number of halogens is 2. The Morgan fingerprint density at radius 2 is 2.19 bits per heavy atom. The van der Waals surface area contributed by atoms with Crippen LogP contribution in [-0.4, -0.2) is 37.3 Å². The first-order valence-corrected chi connectivity index (χ1v) is 8.70. The second kappa shape index (κ2) is 6.90. The molecule has 4 rings (SSSR count). The molecule has 7 nitrogen and oxygen atoms in total. The summed E-state index contributed by atoms with van der Waals surface area (Å²) in [4.78, 5) is 18.7. The lowest BCUT2D eigenvalue weighted by molar-refractivity contribution is 0.0703. The van der Waals surface area contributed by atoms with E-state index in [2.05, 4.69) is 15.2 Å². The van der Waals surface area contributed by atoms with E-state index in [4.69, 9.17) is 4.52 Å². The summed E-state index contributed by atoms with van der Waals surface area (Å²) in [6.07, 6.45) is 3.20. The van der Waals surface area contributed by atoms with Crippen molar-refractivity contribution in [1.82, 2.24) is 24.8 Å². The standard InChI is InChI=1S/C18H17F2N5O2/c1-2-24-9-7-14(22-24)18(26)25-8-3-4-15(25)17-21-16(23-27-17)12-6-5-11(19)10-13(12)20/h5-7,9-10,15H,2-4,8H2,1H3/t15-/m0/s1. The Labute approximate surface area is 153 Å². The van der Waals surface area contributed by atoms with Gasteiger partial charge in [-0.1, -0.05) is 5.16 Å². The van der Waals surface area contributed by atoms with Gasteiger partial charge in [0.25, 0.3) is 5.91 Å². The summed E-state index contributed by atoms with van der Waals surface area (Å²) in [6.45, 7) is 3.16. The molecule has 2 aromatic heterocycles. The maximum Gasteiger partial charge on any atom is 0.275 e. The third kappa shape index (κ3) is 3.20. The van der Waals surface area contributed by atoms with Crippen molar-refractivity contribution in [3.05, 3.63) is 53.7 Å². The van der Waals surface area contributed by atoms with Crippen molar-refractivity contribution in [3.8, 4) is 11.4 Å². The third-order valence-corrected chi connectivity index (χ3v) is 4.60. The van der Waals surface area contributed by atoms with E-state index in [0.29, 0.717) is 25.2 Å². The Bertz CT molecular complexity index is 984. The molecule has 1 aliphatic rings. The van der Waals surface area contributed by atoms with Gasteiger partial charge in [-0.25, -0.2) is 8.78 Å². The van der Waals surface area contributed by atoms with Gasteiger partial charge in [0.05, 0.1) is 5.56 Å². The summed E-state index contributed by atoms with van der Waals surface area (Å²) >= 11 is 0. The minimum atomic E-state index is -0.771. The number of aryl methyl sites for hydroxylation is 1. The fourth-order valence-electron chi connectivity index (χ4n) is 3.22. The van der Waals surface area contributed by atoms with E-state index >= 15 is 0 Å². The average Bonchev–Trinajstić information content (AvgIpc) is 3.40. The number of hydrogen-bond acceptors (Lipinski definition) is 5. The van der Waals surface area contributed by atoms with E-state index in [-0.39, 0.29) is 23.2 Å². The highest BCUT2D eigenvalue weighted by Gasteiger charge is 2.35. The quantitative estimate of drug-likeness (QED) is 0.702. The second-order valence-electron chi connectivity index (χ2n) is 6.29. The zero-order chi connectivity index (χ0) is 19.0. The molecule has 0 radical (unpaired) electrons. The van der Waals surface area contributed by atoms with E-state index in [1.807, 2.05) is 6.92 Å². The van der Waals surface area contributed by atoms with Crippen LogP contribution < -0.4 is 0 Å². The van der Waals surface area contributed by atoms with Gasteiger partial charge in [0.1, 0.15) is 23.4 Å². The lowest BCUT2D eigenvalue weighted by Gasteiger charge is -2.20. The molecule has 0 bridgehead atoms. The number of carbonyl (C=O) groups is 1. The van der Waals surface area contributed by atoms with Crippen molar-refractivity contribution >= 4 is 5.91 Å². The molecular formula is C18H17F2N5O2. The molecule has 1 saturated heterocycles. The highest BCUT2D eigenvalue weighted by atomic mass is 19.1. The van der Waals surface area contributed by atoms with Crippen LogP contribution in [0.4, 0.5) is 8.78 Å². The zero-order valence-electron chi connectivity index (χ0n) is 14.6. The molecular weight excluding hydrogens is 356 g/mol. The molecule has 1 amide bonds. The second-order valence-corrected chi connectivity index (χ2v) is 6.29. The van der Waals surface area contributed by atoms with Gasteiger partial charge < -0.3 is 9.42 Å². The van der Waals surface area contributed by atoms with Gasteiger partial charge in [-0.15, -0.1) is 0 Å². The third-order valence-electron chi connectivity index (χ3n) is 4.60. The van der Waals surface area contributed by atoms with Crippen molar-refractivity contribution in [2.45, 2.75) is 32.4 Å². The van der Waals surface area contributed by atoms with Crippen molar-refractivity contribution in [2.24, 2.45) is 0 Å². The summed E-state index contributed by atoms with van der Waals surface area (Å²) in [5, 5.41) is 8.05. The molecule has 1 aromatic carbocycles. The van der Waals surface area contributed by atoms with Gasteiger partial charge in [-0.2, -0.15) is 10.1 Å². The van der Waals surface area contributed by atoms with E-state index in [9.17, 15) is 13.6 Å². The van der Waals surface area contributed by atoms with Crippen LogP contribution in [0.3, 0.4) is 0 Å². The maximum absolute atomic E-state index is 13.9. The number of hydrogen-bond donors (Lipinski definition) is 0. The van der Waals surface area contributed by atoms with Gasteiger partial charge >= 0.3 is 0 Å². The number of rotatable bonds is 4. The number of nitrogens with zero attached hydrogens (tertiary/aromatic N) is 5. The number of amides is 1.